The average molecular weight is 238 g/mol. The molecule has 0 radical (unpaired) electrons. The molecule has 0 spiro atoms. The molecule has 0 aromatic heterocycles. The Hall–Kier alpha value is -0.930. The molecular weight excluding hydrogens is 215 g/mol. The monoisotopic (exact) mass is 238 g/mol. The van der Waals surface area contributed by atoms with E-state index < -0.39 is 0 Å². The van der Waals surface area contributed by atoms with Crippen LogP contribution in [0.15, 0.2) is 24.3 Å². The summed E-state index contributed by atoms with van der Waals surface area (Å²) in [6, 6.07) is 7.60. The molecule has 2 atom stereocenters. The molecule has 1 N–H and O–H groups in total. The van der Waals surface area contributed by atoms with Crippen LogP contribution in [0, 0.1) is 5.82 Å². The summed E-state index contributed by atoms with van der Waals surface area (Å²) < 4.78 is 12.8. The Morgan fingerprint density at radius 3 is 2.24 bits per heavy atom. The Morgan fingerprint density at radius 2 is 1.71 bits per heavy atom. The van der Waals surface area contributed by atoms with Gasteiger partial charge in [0.15, 0.2) is 0 Å². The highest BCUT2D eigenvalue weighted by molar-refractivity contribution is 5.17. The number of nitrogens with zero attached hydrogens (tertiary/aromatic N) is 1. The first-order valence-electron chi connectivity index (χ1n) is 6.12. The summed E-state index contributed by atoms with van der Waals surface area (Å²) in [6.45, 7) is 5.37. The first kappa shape index (κ1) is 14.1. The molecule has 0 bridgehead atoms. The lowest BCUT2D eigenvalue weighted by molar-refractivity contribution is 0.332. The second-order valence-corrected chi connectivity index (χ2v) is 5.06. The minimum Gasteiger partial charge on any atom is -0.310 e. The number of rotatable bonds is 6. The van der Waals surface area contributed by atoms with Gasteiger partial charge in [-0.15, -0.1) is 0 Å². The number of likely N-dealkylation sites (N-methyl/N-ethyl adjacent to an activating group) is 1. The van der Waals surface area contributed by atoms with E-state index in [1.165, 1.54) is 17.7 Å². The van der Waals surface area contributed by atoms with Crippen LogP contribution in [0.5, 0.6) is 0 Å². The lowest BCUT2D eigenvalue weighted by Gasteiger charge is -2.22. The van der Waals surface area contributed by atoms with Crippen LogP contribution in [0.2, 0.25) is 0 Å². The Morgan fingerprint density at radius 1 is 1.12 bits per heavy atom. The van der Waals surface area contributed by atoms with Gasteiger partial charge in [-0.3, -0.25) is 0 Å². The lowest BCUT2D eigenvalue weighted by Crippen LogP contribution is -2.41. The summed E-state index contributed by atoms with van der Waals surface area (Å²) in [4.78, 5) is 2.17. The quantitative estimate of drug-likeness (QED) is 0.818. The van der Waals surface area contributed by atoms with Crippen LogP contribution < -0.4 is 5.32 Å². The van der Waals surface area contributed by atoms with Crippen molar-refractivity contribution in [3.8, 4) is 0 Å². The Kier molecular flexibility index (Phi) is 5.59. The van der Waals surface area contributed by atoms with Crippen LogP contribution in [-0.4, -0.2) is 37.6 Å². The molecule has 1 aromatic rings. The summed E-state index contributed by atoms with van der Waals surface area (Å²) in [5, 5.41) is 3.54. The van der Waals surface area contributed by atoms with Gasteiger partial charge in [0.05, 0.1) is 0 Å². The Bertz CT molecular complexity index is 321. The molecule has 17 heavy (non-hydrogen) atoms. The van der Waals surface area contributed by atoms with Gasteiger partial charge in [-0.05, 0) is 52.1 Å². The van der Waals surface area contributed by atoms with Crippen LogP contribution in [0.1, 0.15) is 19.4 Å². The van der Waals surface area contributed by atoms with E-state index in [1.807, 2.05) is 12.1 Å². The summed E-state index contributed by atoms with van der Waals surface area (Å²) in [5.41, 5.74) is 1.17. The molecular formula is C14H23FN2. The molecule has 0 fully saturated rings. The lowest BCUT2D eigenvalue weighted by atomic mass is 10.1. The molecule has 1 rings (SSSR count). The van der Waals surface area contributed by atoms with E-state index >= 15 is 0 Å². The molecule has 0 aliphatic heterocycles. The van der Waals surface area contributed by atoms with E-state index in [-0.39, 0.29) is 5.82 Å². The van der Waals surface area contributed by atoms with Crippen LogP contribution in [0.3, 0.4) is 0 Å². The smallest absolute Gasteiger partial charge is 0.123 e. The van der Waals surface area contributed by atoms with E-state index in [0.29, 0.717) is 12.1 Å². The van der Waals surface area contributed by atoms with Crippen molar-refractivity contribution in [3.05, 3.63) is 35.6 Å². The van der Waals surface area contributed by atoms with Gasteiger partial charge < -0.3 is 10.2 Å². The third-order valence-electron chi connectivity index (χ3n) is 2.66. The molecule has 0 saturated heterocycles. The second-order valence-electron chi connectivity index (χ2n) is 5.06. The maximum atomic E-state index is 12.8. The molecule has 0 aliphatic carbocycles. The van der Waals surface area contributed by atoms with E-state index in [9.17, 15) is 4.39 Å². The number of hydrogen-bond acceptors (Lipinski definition) is 2. The van der Waals surface area contributed by atoms with Crippen LogP contribution >= 0.6 is 0 Å². The van der Waals surface area contributed by atoms with Crippen molar-refractivity contribution in [1.82, 2.24) is 10.2 Å². The Labute approximate surface area is 104 Å². The predicted molar refractivity (Wildman–Crippen MR) is 70.7 cm³/mol. The maximum absolute atomic E-state index is 12.8. The van der Waals surface area contributed by atoms with Crippen molar-refractivity contribution < 1.29 is 4.39 Å². The summed E-state index contributed by atoms with van der Waals surface area (Å²) in [7, 11) is 4.14. The van der Waals surface area contributed by atoms with Gasteiger partial charge in [-0.25, -0.2) is 4.39 Å². The topological polar surface area (TPSA) is 15.3 Å². The van der Waals surface area contributed by atoms with Gasteiger partial charge in [-0.2, -0.15) is 0 Å². The van der Waals surface area contributed by atoms with E-state index in [1.54, 1.807) is 0 Å². The average Bonchev–Trinajstić information content (AvgIpc) is 2.19. The fraction of sp³-hybridized carbons (Fsp3) is 0.571. The van der Waals surface area contributed by atoms with Crippen LogP contribution in [0.4, 0.5) is 4.39 Å². The third kappa shape index (κ3) is 5.80. The standard InChI is InChI=1S/C14H23FN2/c1-11(16-12(2)10-17(3)4)9-13-5-7-14(15)8-6-13/h5-8,11-12,16H,9-10H2,1-4H3. The van der Waals surface area contributed by atoms with Gasteiger partial charge in [-0.1, -0.05) is 12.1 Å². The summed E-state index contributed by atoms with van der Waals surface area (Å²) in [5.74, 6) is -0.171. The first-order valence-corrected chi connectivity index (χ1v) is 6.12. The normalized spacial score (nSPS) is 14.9. The highest BCUT2D eigenvalue weighted by atomic mass is 19.1. The van der Waals surface area contributed by atoms with Gasteiger partial charge >= 0.3 is 0 Å². The van der Waals surface area contributed by atoms with Crippen molar-refractivity contribution in [2.75, 3.05) is 20.6 Å². The van der Waals surface area contributed by atoms with E-state index in [2.05, 4.69) is 38.2 Å². The van der Waals surface area contributed by atoms with Crippen molar-refractivity contribution in [3.63, 3.8) is 0 Å². The molecule has 3 heteroatoms. The van der Waals surface area contributed by atoms with Crippen molar-refractivity contribution in [2.24, 2.45) is 0 Å². The number of nitrogens with one attached hydrogen (secondary N) is 1. The molecule has 0 aliphatic rings. The highest BCUT2D eigenvalue weighted by Crippen LogP contribution is 2.06. The summed E-state index contributed by atoms with van der Waals surface area (Å²) >= 11 is 0. The first-order chi connectivity index (χ1) is 7.97. The molecule has 96 valence electrons. The number of hydrogen-bond donors (Lipinski definition) is 1. The van der Waals surface area contributed by atoms with Crippen LogP contribution in [-0.2, 0) is 6.42 Å². The van der Waals surface area contributed by atoms with Crippen LogP contribution in [0.25, 0.3) is 0 Å². The molecule has 1 aromatic carbocycles. The maximum Gasteiger partial charge on any atom is 0.123 e. The van der Waals surface area contributed by atoms with Crippen molar-refractivity contribution >= 4 is 0 Å². The minimum absolute atomic E-state index is 0.171. The van der Waals surface area contributed by atoms with E-state index in [4.69, 9.17) is 0 Å². The molecule has 0 amide bonds. The van der Waals surface area contributed by atoms with Gasteiger partial charge in [0.2, 0.25) is 0 Å². The highest BCUT2D eigenvalue weighted by Gasteiger charge is 2.08. The van der Waals surface area contributed by atoms with Crippen molar-refractivity contribution in [1.29, 1.82) is 0 Å². The van der Waals surface area contributed by atoms with Gasteiger partial charge in [0, 0.05) is 18.6 Å². The molecule has 2 nitrogen and oxygen atoms in total. The predicted octanol–water partition coefficient (Wildman–Crippen LogP) is 2.30. The molecule has 0 saturated carbocycles. The fourth-order valence-corrected chi connectivity index (χ4v) is 2.12. The number of benzene rings is 1. The molecule has 2 unspecified atom stereocenters. The third-order valence-corrected chi connectivity index (χ3v) is 2.66. The van der Waals surface area contributed by atoms with Gasteiger partial charge in [0.1, 0.15) is 5.82 Å². The minimum atomic E-state index is -0.171. The zero-order chi connectivity index (χ0) is 12.8. The zero-order valence-corrected chi connectivity index (χ0v) is 11.2. The zero-order valence-electron chi connectivity index (χ0n) is 11.2. The second kappa shape index (κ2) is 6.72. The van der Waals surface area contributed by atoms with Gasteiger partial charge in [0.25, 0.3) is 0 Å². The molecule has 0 heterocycles. The fourth-order valence-electron chi connectivity index (χ4n) is 2.12. The summed E-state index contributed by atoms with van der Waals surface area (Å²) in [6.07, 6.45) is 0.929. The largest absolute Gasteiger partial charge is 0.310 e. The SMILES string of the molecule is CC(Cc1ccc(F)cc1)NC(C)CN(C)C. The Balaban J connectivity index is 2.38. The number of halogens is 1. The van der Waals surface area contributed by atoms with E-state index in [0.717, 1.165) is 13.0 Å². The van der Waals surface area contributed by atoms with Crippen molar-refractivity contribution in [2.45, 2.75) is 32.4 Å².